The number of imidazole rings is 1. The molecule has 1 aliphatic heterocycles. The minimum Gasteiger partial charge on any atom is -0.394 e. The number of ether oxygens (including phenoxy) is 2. The smallest absolute Gasteiger partial charge is 0.207 e. The quantitative estimate of drug-likeness (QED) is 0.375. The van der Waals surface area contributed by atoms with Crippen molar-refractivity contribution >= 4 is 22.9 Å². The van der Waals surface area contributed by atoms with Crippen molar-refractivity contribution in [3.8, 4) is 0 Å². The van der Waals surface area contributed by atoms with Crippen LogP contribution in [0.2, 0.25) is 0 Å². The van der Waals surface area contributed by atoms with Crippen LogP contribution in [0, 0.1) is 0 Å². The Labute approximate surface area is 137 Å². The van der Waals surface area contributed by atoms with Crippen LogP contribution in [0.25, 0.3) is 11.2 Å². The number of nitrogen functional groups attached to an aromatic ring is 1. The third-order valence-electron chi connectivity index (χ3n) is 3.87. The van der Waals surface area contributed by atoms with Crippen LogP contribution in [0.5, 0.6) is 0 Å². The summed E-state index contributed by atoms with van der Waals surface area (Å²) in [6.07, 6.45) is -3.12. The Morgan fingerprint density at radius 1 is 1.38 bits per heavy atom. The largest absolute Gasteiger partial charge is 0.394 e. The van der Waals surface area contributed by atoms with Gasteiger partial charge in [-0.2, -0.15) is 0 Å². The number of fused-ring (bicyclic) bond motifs is 1. The minimum atomic E-state index is -1.27. The number of nitrogens with one attached hydrogen (secondary N) is 1. The number of anilines is 2. The van der Waals surface area contributed by atoms with Gasteiger partial charge in [0.1, 0.15) is 24.6 Å². The second-order valence-electron chi connectivity index (χ2n) is 5.38. The van der Waals surface area contributed by atoms with Crippen molar-refractivity contribution in [3.05, 3.63) is 6.33 Å². The average Bonchev–Trinajstić information content (AvgIpc) is 3.07. The van der Waals surface area contributed by atoms with E-state index < -0.39 is 31.1 Å². The van der Waals surface area contributed by atoms with E-state index in [9.17, 15) is 15.3 Å². The molecule has 11 nitrogen and oxygen atoms in total. The molecule has 0 amide bonds. The van der Waals surface area contributed by atoms with Gasteiger partial charge < -0.3 is 35.8 Å². The number of aliphatic hydroxyl groups is 3. The van der Waals surface area contributed by atoms with Gasteiger partial charge in [-0.3, -0.25) is 4.57 Å². The topological polar surface area (TPSA) is 161 Å². The van der Waals surface area contributed by atoms with Crippen LogP contribution in [0.4, 0.5) is 11.8 Å². The number of aromatic nitrogens is 4. The molecule has 0 radical (unpaired) electrons. The molecule has 1 fully saturated rings. The normalized spacial score (nSPS) is 27.0. The van der Waals surface area contributed by atoms with Crippen molar-refractivity contribution in [1.82, 2.24) is 19.5 Å². The molecule has 2 aromatic rings. The molecule has 0 unspecified atom stereocenters. The van der Waals surface area contributed by atoms with E-state index in [2.05, 4.69) is 20.3 Å². The van der Waals surface area contributed by atoms with Crippen molar-refractivity contribution < 1.29 is 24.8 Å². The predicted octanol–water partition coefficient (Wildman–Crippen LogP) is -1.92. The molecule has 3 rings (SSSR count). The molecule has 3 heterocycles. The number of rotatable bonds is 6. The third kappa shape index (κ3) is 2.76. The molecule has 0 spiro atoms. The van der Waals surface area contributed by atoms with Gasteiger partial charge in [0.05, 0.1) is 13.2 Å². The molecule has 0 aromatic carbocycles. The Bertz CT molecular complexity index is 709. The van der Waals surface area contributed by atoms with E-state index in [1.807, 2.05) is 0 Å². The molecule has 11 heteroatoms. The summed E-state index contributed by atoms with van der Waals surface area (Å²) >= 11 is 0. The molecule has 0 saturated carbocycles. The van der Waals surface area contributed by atoms with E-state index in [0.29, 0.717) is 30.3 Å². The maximum Gasteiger partial charge on any atom is 0.207 e. The monoisotopic (exact) mass is 340 g/mol. The van der Waals surface area contributed by atoms with Crippen LogP contribution in [0.3, 0.4) is 0 Å². The van der Waals surface area contributed by atoms with Gasteiger partial charge in [0.2, 0.25) is 5.95 Å². The van der Waals surface area contributed by atoms with Gasteiger partial charge in [0.25, 0.3) is 0 Å². The average molecular weight is 340 g/mol. The Balaban J connectivity index is 2.04. The van der Waals surface area contributed by atoms with Gasteiger partial charge in [-0.25, -0.2) is 15.0 Å². The zero-order chi connectivity index (χ0) is 17.3. The first-order valence-electron chi connectivity index (χ1n) is 7.42. The van der Waals surface area contributed by atoms with Crippen LogP contribution in [0.1, 0.15) is 6.23 Å². The highest BCUT2D eigenvalue weighted by atomic mass is 16.6. The number of nitrogens with zero attached hydrogens (tertiary/aromatic N) is 4. The maximum absolute atomic E-state index is 10.3. The highest BCUT2D eigenvalue weighted by Gasteiger charge is 2.45. The summed E-state index contributed by atoms with van der Waals surface area (Å²) < 4.78 is 12.1. The molecule has 2 aromatic heterocycles. The highest BCUT2D eigenvalue weighted by Crippen LogP contribution is 2.34. The Hall–Kier alpha value is -2.05. The van der Waals surface area contributed by atoms with E-state index in [-0.39, 0.29) is 5.82 Å². The van der Waals surface area contributed by atoms with E-state index in [1.165, 1.54) is 10.9 Å². The molecule has 132 valence electrons. The Morgan fingerprint density at radius 2 is 2.17 bits per heavy atom. The fraction of sp³-hybridized carbons (Fsp3) is 0.615. The molecule has 1 aliphatic rings. The van der Waals surface area contributed by atoms with Crippen LogP contribution in [-0.2, 0) is 9.47 Å². The van der Waals surface area contributed by atoms with Crippen LogP contribution in [-0.4, -0.2) is 80.0 Å². The van der Waals surface area contributed by atoms with Crippen molar-refractivity contribution in [3.63, 3.8) is 0 Å². The number of hydrogen-bond acceptors (Lipinski definition) is 10. The summed E-state index contributed by atoms with van der Waals surface area (Å²) in [6.45, 7) is 0.452. The summed E-state index contributed by atoms with van der Waals surface area (Å²) in [5.74, 6) is 0.518. The molecular weight excluding hydrogens is 320 g/mol. The lowest BCUT2D eigenvalue weighted by Gasteiger charge is -2.19. The lowest BCUT2D eigenvalue weighted by molar-refractivity contribution is -0.0501. The zero-order valence-electron chi connectivity index (χ0n) is 13.0. The molecule has 0 aliphatic carbocycles. The van der Waals surface area contributed by atoms with Crippen LogP contribution < -0.4 is 11.1 Å². The first kappa shape index (κ1) is 16.8. The number of nitrogens with two attached hydrogens (primary N) is 1. The lowest BCUT2D eigenvalue weighted by Crippen LogP contribution is -2.33. The maximum atomic E-state index is 10.3. The molecule has 0 bridgehead atoms. The highest BCUT2D eigenvalue weighted by molar-refractivity contribution is 5.84. The van der Waals surface area contributed by atoms with E-state index in [1.54, 1.807) is 7.11 Å². The Kier molecular flexibility index (Phi) is 4.78. The fourth-order valence-electron chi connectivity index (χ4n) is 2.65. The van der Waals surface area contributed by atoms with Gasteiger partial charge >= 0.3 is 0 Å². The van der Waals surface area contributed by atoms with Crippen LogP contribution >= 0.6 is 0 Å². The van der Waals surface area contributed by atoms with Crippen molar-refractivity contribution in [2.75, 3.05) is 37.9 Å². The summed E-state index contributed by atoms with van der Waals surface area (Å²) in [4.78, 5) is 12.4. The summed E-state index contributed by atoms with van der Waals surface area (Å²) in [5, 5.41) is 32.6. The van der Waals surface area contributed by atoms with Crippen molar-refractivity contribution in [2.24, 2.45) is 0 Å². The number of hydrogen-bond donors (Lipinski definition) is 5. The van der Waals surface area contributed by atoms with Crippen LogP contribution in [0.15, 0.2) is 6.33 Å². The standard InChI is InChI=1S/C13H20N6O5/c1-23-3-2-15-13-18-7-10(14)16-5-17-11(7)19(13)12-9(22)8(21)6(4-20)24-12/h5-6,8-9,12,20-22H,2-4H2,1H3,(H,15,18)(H2,14,16,17)/t6-,8-,9+,12-/m1/s1. The zero-order valence-corrected chi connectivity index (χ0v) is 13.0. The van der Waals surface area contributed by atoms with Gasteiger partial charge in [-0.15, -0.1) is 0 Å². The SMILES string of the molecule is COCCNc1nc2c(N)ncnc2n1[C@@H]1O[C@H](CO)[C@@H](O)[C@@H]1O. The second kappa shape index (κ2) is 6.83. The predicted molar refractivity (Wildman–Crippen MR) is 83.1 cm³/mol. The van der Waals surface area contributed by atoms with Gasteiger partial charge in [-0.05, 0) is 0 Å². The molecule has 1 saturated heterocycles. The van der Waals surface area contributed by atoms with Gasteiger partial charge in [0.15, 0.2) is 23.2 Å². The number of aliphatic hydroxyl groups excluding tert-OH is 3. The fourth-order valence-corrected chi connectivity index (χ4v) is 2.65. The van der Waals surface area contributed by atoms with Gasteiger partial charge in [0, 0.05) is 13.7 Å². The van der Waals surface area contributed by atoms with Crippen molar-refractivity contribution in [1.29, 1.82) is 0 Å². The molecule has 6 N–H and O–H groups in total. The molecule has 4 atom stereocenters. The number of methoxy groups -OCH3 is 1. The lowest BCUT2D eigenvalue weighted by atomic mass is 10.1. The first-order chi connectivity index (χ1) is 11.6. The van der Waals surface area contributed by atoms with E-state index in [0.717, 1.165) is 0 Å². The van der Waals surface area contributed by atoms with E-state index >= 15 is 0 Å². The van der Waals surface area contributed by atoms with Crippen molar-refractivity contribution in [2.45, 2.75) is 24.5 Å². The minimum absolute atomic E-state index is 0.181. The Morgan fingerprint density at radius 3 is 2.83 bits per heavy atom. The summed E-state index contributed by atoms with van der Waals surface area (Å²) in [6, 6.07) is 0. The second-order valence-corrected chi connectivity index (χ2v) is 5.38. The van der Waals surface area contributed by atoms with Gasteiger partial charge in [-0.1, -0.05) is 0 Å². The molecule has 24 heavy (non-hydrogen) atoms. The molecular formula is C13H20N6O5. The summed E-state index contributed by atoms with van der Waals surface area (Å²) in [5.41, 5.74) is 6.52. The first-order valence-corrected chi connectivity index (χ1v) is 7.42. The van der Waals surface area contributed by atoms with E-state index in [4.69, 9.17) is 15.2 Å². The third-order valence-corrected chi connectivity index (χ3v) is 3.87. The summed E-state index contributed by atoms with van der Waals surface area (Å²) in [7, 11) is 1.57.